The number of hydrogen-bond donors (Lipinski definition) is 1. The summed E-state index contributed by atoms with van der Waals surface area (Å²) < 4.78 is 5.78. The van der Waals surface area contributed by atoms with Crippen molar-refractivity contribution in [3.63, 3.8) is 0 Å². The number of carbonyl (C=O) groups is 1. The van der Waals surface area contributed by atoms with Gasteiger partial charge in [0.2, 0.25) is 5.91 Å². The largest absolute Gasteiger partial charge is 0.366 e. The summed E-state index contributed by atoms with van der Waals surface area (Å²) in [5.74, 6) is 1.68. The van der Waals surface area contributed by atoms with Gasteiger partial charge in [0.05, 0.1) is 18.4 Å². The molecule has 1 fully saturated rings. The minimum absolute atomic E-state index is 0.0282. The molecule has 1 aromatic carbocycles. The van der Waals surface area contributed by atoms with Gasteiger partial charge in [0.1, 0.15) is 11.9 Å². The minimum atomic E-state index is -0.243. The number of rotatable bonds is 3. The van der Waals surface area contributed by atoms with E-state index >= 15 is 0 Å². The van der Waals surface area contributed by atoms with Crippen LogP contribution in [0, 0.1) is 0 Å². The van der Waals surface area contributed by atoms with Crippen LogP contribution < -0.4 is 0 Å². The topological polar surface area (TPSA) is 71.1 Å². The second-order valence-corrected chi connectivity index (χ2v) is 7.30. The number of nitrogens with one attached hydrogen (secondary N) is 1. The molecule has 1 saturated heterocycles. The van der Waals surface area contributed by atoms with Gasteiger partial charge in [-0.3, -0.25) is 9.89 Å². The lowest BCUT2D eigenvalue weighted by Gasteiger charge is -2.33. The fourth-order valence-electron chi connectivity index (χ4n) is 3.14. The fourth-order valence-corrected chi connectivity index (χ4v) is 4.42. The van der Waals surface area contributed by atoms with Crippen LogP contribution in [-0.2, 0) is 22.4 Å². The van der Waals surface area contributed by atoms with Crippen molar-refractivity contribution in [2.24, 2.45) is 0 Å². The second kappa shape index (κ2) is 6.57. The molecule has 4 rings (SSSR count). The molecule has 1 aromatic heterocycles. The highest BCUT2D eigenvalue weighted by Gasteiger charge is 2.35. The van der Waals surface area contributed by atoms with Crippen molar-refractivity contribution in [3.05, 3.63) is 41.5 Å². The summed E-state index contributed by atoms with van der Waals surface area (Å²) in [6.07, 6.45) is 1.37. The maximum absolute atomic E-state index is 12.9. The number of hydrogen-bond acceptors (Lipinski definition) is 5. The third-order valence-electron chi connectivity index (χ3n) is 4.47. The fraction of sp³-hybridized carbons (Fsp3) is 0.471. The number of H-pyrrole nitrogens is 1. The summed E-state index contributed by atoms with van der Waals surface area (Å²) >= 11 is 1.67. The molecule has 2 aromatic rings. The zero-order chi connectivity index (χ0) is 16.5. The zero-order valence-corrected chi connectivity index (χ0v) is 14.4. The van der Waals surface area contributed by atoms with E-state index in [9.17, 15) is 4.79 Å². The number of aryl methyl sites for hydroxylation is 1. The van der Waals surface area contributed by atoms with Gasteiger partial charge in [0.25, 0.3) is 0 Å². The molecule has 126 valence electrons. The van der Waals surface area contributed by atoms with Gasteiger partial charge in [-0.2, -0.15) is 5.10 Å². The predicted molar refractivity (Wildman–Crippen MR) is 90.8 cm³/mol. The maximum Gasteiger partial charge on any atom is 0.236 e. The van der Waals surface area contributed by atoms with Crippen LogP contribution in [0.1, 0.15) is 30.2 Å². The van der Waals surface area contributed by atoms with E-state index in [-0.39, 0.29) is 17.3 Å². The Kier molecular flexibility index (Phi) is 4.28. The van der Waals surface area contributed by atoms with Crippen molar-refractivity contribution in [2.45, 2.75) is 36.0 Å². The van der Waals surface area contributed by atoms with Crippen LogP contribution in [0.3, 0.4) is 0 Å². The summed E-state index contributed by atoms with van der Waals surface area (Å²) in [7, 11) is 0. The number of nitrogens with zero attached hydrogens (tertiary/aromatic N) is 3. The normalized spacial score (nSPS) is 23.3. The highest BCUT2D eigenvalue weighted by molar-refractivity contribution is 8.01. The molecule has 2 aliphatic heterocycles. The Labute approximate surface area is 145 Å². The first-order chi connectivity index (χ1) is 11.7. The summed E-state index contributed by atoms with van der Waals surface area (Å²) in [5.41, 5.74) is 1.27. The number of morpholine rings is 1. The van der Waals surface area contributed by atoms with Crippen LogP contribution in [0.4, 0.5) is 0 Å². The van der Waals surface area contributed by atoms with E-state index in [1.165, 1.54) is 10.5 Å². The molecule has 7 heteroatoms. The lowest BCUT2D eigenvalue weighted by molar-refractivity contribution is -0.138. The van der Waals surface area contributed by atoms with Crippen LogP contribution in [0.2, 0.25) is 0 Å². The molecular formula is C17H20N4O2S. The summed E-state index contributed by atoms with van der Waals surface area (Å²) in [4.78, 5) is 20.5. The van der Waals surface area contributed by atoms with Gasteiger partial charge in [0, 0.05) is 17.9 Å². The van der Waals surface area contributed by atoms with Crippen molar-refractivity contribution in [1.29, 1.82) is 0 Å². The molecular weight excluding hydrogens is 324 g/mol. The van der Waals surface area contributed by atoms with Gasteiger partial charge in [-0.05, 0) is 18.1 Å². The highest BCUT2D eigenvalue weighted by atomic mass is 32.2. The number of thioether (sulfide) groups is 1. The third-order valence-corrected chi connectivity index (χ3v) is 5.78. The number of carbonyl (C=O) groups excluding carboxylic acids is 1. The number of benzene rings is 1. The van der Waals surface area contributed by atoms with Crippen molar-refractivity contribution in [2.75, 3.05) is 19.7 Å². The molecule has 24 heavy (non-hydrogen) atoms. The van der Waals surface area contributed by atoms with E-state index in [4.69, 9.17) is 4.74 Å². The van der Waals surface area contributed by atoms with Crippen molar-refractivity contribution >= 4 is 17.7 Å². The molecule has 2 atom stereocenters. The van der Waals surface area contributed by atoms with Crippen LogP contribution in [0.5, 0.6) is 0 Å². The van der Waals surface area contributed by atoms with Crippen LogP contribution in [-0.4, -0.2) is 50.9 Å². The molecule has 2 aliphatic rings. The van der Waals surface area contributed by atoms with Gasteiger partial charge >= 0.3 is 0 Å². The Morgan fingerprint density at radius 3 is 3.12 bits per heavy atom. The Morgan fingerprint density at radius 1 is 1.46 bits per heavy atom. The Morgan fingerprint density at radius 2 is 2.33 bits per heavy atom. The lowest BCUT2D eigenvalue weighted by Crippen LogP contribution is -2.46. The number of aromatic amines is 1. The van der Waals surface area contributed by atoms with Crippen molar-refractivity contribution in [3.8, 4) is 0 Å². The SMILES string of the molecule is CCc1nc([C@@H]2CN(C(=O)[C@H]3Cc4ccccc4S3)CCO2)n[nH]1. The maximum atomic E-state index is 12.9. The summed E-state index contributed by atoms with van der Waals surface area (Å²) in [5, 5.41) is 7.12. The molecule has 0 spiro atoms. The van der Waals surface area contributed by atoms with Gasteiger partial charge in [0.15, 0.2) is 5.82 Å². The number of amides is 1. The van der Waals surface area contributed by atoms with E-state index in [0.29, 0.717) is 25.5 Å². The van der Waals surface area contributed by atoms with Gasteiger partial charge in [-0.15, -0.1) is 11.8 Å². The molecule has 3 heterocycles. The summed E-state index contributed by atoms with van der Waals surface area (Å²) in [6, 6.07) is 8.26. The van der Waals surface area contributed by atoms with Crippen molar-refractivity contribution in [1.82, 2.24) is 20.1 Å². The monoisotopic (exact) mass is 344 g/mol. The number of fused-ring (bicyclic) bond motifs is 1. The summed E-state index contributed by atoms with van der Waals surface area (Å²) in [6.45, 7) is 3.70. The molecule has 0 aliphatic carbocycles. The van der Waals surface area contributed by atoms with Crippen molar-refractivity contribution < 1.29 is 9.53 Å². The first-order valence-electron chi connectivity index (χ1n) is 8.30. The third kappa shape index (κ3) is 2.93. The number of aromatic nitrogens is 3. The molecule has 0 unspecified atom stereocenters. The van der Waals surface area contributed by atoms with Crippen LogP contribution in [0.25, 0.3) is 0 Å². The van der Waals surface area contributed by atoms with Gasteiger partial charge < -0.3 is 9.64 Å². The average molecular weight is 344 g/mol. The van der Waals surface area contributed by atoms with E-state index in [0.717, 1.165) is 18.7 Å². The van der Waals surface area contributed by atoms with Gasteiger partial charge in [-0.25, -0.2) is 4.98 Å². The van der Waals surface area contributed by atoms with Gasteiger partial charge in [-0.1, -0.05) is 25.1 Å². The van der Waals surface area contributed by atoms with E-state index in [2.05, 4.69) is 27.3 Å². The van der Waals surface area contributed by atoms with E-state index in [1.807, 2.05) is 24.0 Å². The number of ether oxygens (including phenoxy) is 1. The average Bonchev–Trinajstić information content (AvgIpc) is 3.27. The molecule has 6 nitrogen and oxygen atoms in total. The van der Waals surface area contributed by atoms with E-state index in [1.54, 1.807) is 11.8 Å². The Balaban J connectivity index is 1.44. The predicted octanol–water partition coefficient (Wildman–Crippen LogP) is 1.98. The second-order valence-electron chi connectivity index (χ2n) is 6.06. The molecule has 1 N–H and O–H groups in total. The first-order valence-corrected chi connectivity index (χ1v) is 9.18. The molecule has 0 saturated carbocycles. The molecule has 1 amide bonds. The Hall–Kier alpha value is -1.86. The lowest BCUT2D eigenvalue weighted by atomic mass is 10.1. The smallest absolute Gasteiger partial charge is 0.236 e. The van der Waals surface area contributed by atoms with Crippen LogP contribution in [0.15, 0.2) is 29.2 Å². The zero-order valence-electron chi connectivity index (χ0n) is 13.6. The first kappa shape index (κ1) is 15.7. The Bertz CT molecular complexity index is 723. The quantitative estimate of drug-likeness (QED) is 0.922. The molecule has 0 bridgehead atoms. The molecule has 0 radical (unpaired) electrons. The standard InChI is InChI=1S/C17H20N4O2S/c1-2-15-18-16(20-19-15)12-10-21(7-8-23-12)17(22)14-9-11-5-3-4-6-13(11)24-14/h3-6,12,14H,2,7-10H2,1H3,(H,18,19,20)/t12-,14+/m0/s1. The van der Waals surface area contributed by atoms with E-state index < -0.39 is 0 Å². The van der Waals surface area contributed by atoms with Crippen LogP contribution >= 0.6 is 11.8 Å². The minimum Gasteiger partial charge on any atom is -0.366 e. The highest BCUT2D eigenvalue weighted by Crippen LogP contribution is 2.38.